The SMILES string of the molecule is C1=Cc2ccccc2OC1.[H-].[Na+]. The average Bonchev–Trinajstić information content (AvgIpc) is 2.05. The Morgan fingerprint density at radius 3 is 2.91 bits per heavy atom. The molecular weight excluding hydrogens is 147 g/mol. The fourth-order valence-corrected chi connectivity index (χ4v) is 1.06. The third-order valence-corrected chi connectivity index (χ3v) is 1.55. The van der Waals surface area contributed by atoms with Crippen LogP contribution in [-0.2, 0) is 0 Å². The Morgan fingerprint density at radius 1 is 1.27 bits per heavy atom. The second kappa shape index (κ2) is 3.96. The van der Waals surface area contributed by atoms with Gasteiger partial charge in [-0.05, 0) is 12.1 Å². The molecule has 0 atom stereocenters. The van der Waals surface area contributed by atoms with Gasteiger partial charge >= 0.3 is 29.6 Å². The van der Waals surface area contributed by atoms with Gasteiger partial charge in [-0.1, -0.05) is 24.3 Å². The summed E-state index contributed by atoms with van der Waals surface area (Å²) in [4.78, 5) is 0. The molecule has 52 valence electrons. The summed E-state index contributed by atoms with van der Waals surface area (Å²) in [5.74, 6) is 0.991. The zero-order chi connectivity index (χ0) is 6.81. The largest absolute Gasteiger partial charge is 1.00 e. The quantitative estimate of drug-likeness (QED) is 0.447. The first-order valence-electron chi connectivity index (χ1n) is 3.35. The normalized spacial score (nSPS) is 12.7. The molecule has 1 aromatic rings. The van der Waals surface area contributed by atoms with Gasteiger partial charge in [0.05, 0.1) is 0 Å². The molecule has 0 spiro atoms. The predicted octanol–water partition coefficient (Wildman–Crippen LogP) is -0.791. The van der Waals surface area contributed by atoms with Crippen molar-refractivity contribution in [3.63, 3.8) is 0 Å². The van der Waals surface area contributed by atoms with E-state index in [1.807, 2.05) is 30.3 Å². The molecule has 0 fully saturated rings. The van der Waals surface area contributed by atoms with E-state index in [1.165, 1.54) is 5.56 Å². The summed E-state index contributed by atoms with van der Waals surface area (Å²) < 4.78 is 5.34. The van der Waals surface area contributed by atoms with E-state index in [1.54, 1.807) is 0 Å². The number of fused-ring (bicyclic) bond motifs is 1. The third-order valence-electron chi connectivity index (χ3n) is 1.55. The summed E-state index contributed by atoms with van der Waals surface area (Å²) in [5.41, 5.74) is 1.17. The number of ether oxygens (including phenoxy) is 1. The monoisotopic (exact) mass is 156 g/mol. The number of para-hydroxylation sites is 1. The van der Waals surface area contributed by atoms with Crippen molar-refractivity contribution in [3.05, 3.63) is 35.9 Å². The first-order valence-corrected chi connectivity index (χ1v) is 3.35. The number of rotatable bonds is 0. The fourth-order valence-electron chi connectivity index (χ4n) is 1.06. The first-order chi connectivity index (χ1) is 4.97. The van der Waals surface area contributed by atoms with Gasteiger partial charge in [0.25, 0.3) is 0 Å². The Balaban J connectivity index is 0.000000605. The second-order valence-corrected chi connectivity index (χ2v) is 2.25. The molecule has 0 unspecified atom stereocenters. The van der Waals surface area contributed by atoms with Crippen molar-refractivity contribution in [1.29, 1.82) is 0 Å². The van der Waals surface area contributed by atoms with E-state index in [0.717, 1.165) is 5.75 Å². The molecule has 0 saturated heterocycles. The van der Waals surface area contributed by atoms with Crippen LogP contribution < -0.4 is 34.3 Å². The summed E-state index contributed by atoms with van der Waals surface area (Å²) in [7, 11) is 0. The van der Waals surface area contributed by atoms with Crippen molar-refractivity contribution in [2.75, 3.05) is 6.61 Å². The summed E-state index contributed by atoms with van der Waals surface area (Å²) in [6.45, 7) is 0.705. The van der Waals surface area contributed by atoms with Crippen LogP contribution in [0.25, 0.3) is 6.08 Å². The second-order valence-electron chi connectivity index (χ2n) is 2.25. The van der Waals surface area contributed by atoms with Gasteiger partial charge in [-0.15, -0.1) is 0 Å². The molecule has 11 heavy (non-hydrogen) atoms. The van der Waals surface area contributed by atoms with Crippen LogP contribution in [0.2, 0.25) is 0 Å². The molecule has 1 aliphatic rings. The minimum absolute atomic E-state index is 0. The molecule has 0 amide bonds. The van der Waals surface area contributed by atoms with E-state index >= 15 is 0 Å². The molecule has 0 N–H and O–H groups in total. The molecule has 1 aromatic carbocycles. The molecule has 1 aliphatic heterocycles. The number of hydrogen-bond acceptors (Lipinski definition) is 1. The summed E-state index contributed by atoms with van der Waals surface area (Å²) >= 11 is 0. The van der Waals surface area contributed by atoms with E-state index in [4.69, 9.17) is 4.74 Å². The van der Waals surface area contributed by atoms with E-state index < -0.39 is 0 Å². The van der Waals surface area contributed by atoms with Gasteiger partial charge in [-0.25, -0.2) is 0 Å². The maximum atomic E-state index is 5.34. The maximum absolute atomic E-state index is 5.34. The van der Waals surface area contributed by atoms with Crippen LogP contribution >= 0.6 is 0 Å². The van der Waals surface area contributed by atoms with Gasteiger partial charge in [0.15, 0.2) is 0 Å². The van der Waals surface area contributed by atoms with Crippen LogP contribution in [0.4, 0.5) is 0 Å². The average molecular weight is 156 g/mol. The zero-order valence-electron chi connectivity index (χ0n) is 7.58. The van der Waals surface area contributed by atoms with Gasteiger partial charge in [-0.3, -0.25) is 0 Å². The molecule has 1 nitrogen and oxygen atoms in total. The Morgan fingerprint density at radius 2 is 2.09 bits per heavy atom. The van der Waals surface area contributed by atoms with Gasteiger partial charge in [0.2, 0.25) is 0 Å². The molecule has 0 aliphatic carbocycles. The van der Waals surface area contributed by atoms with Crippen molar-refractivity contribution in [3.8, 4) is 5.75 Å². The summed E-state index contributed by atoms with van der Waals surface area (Å²) in [6, 6.07) is 8.03. The smallest absolute Gasteiger partial charge is 1.00 e. The minimum Gasteiger partial charge on any atom is -1.00 e. The van der Waals surface area contributed by atoms with E-state index in [2.05, 4.69) is 6.08 Å². The molecule has 0 saturated carbocycles. The van der Waals surface area contributed by atoms with Crippen LogP contribution in [0.15, 0.2) is 30.3 Å². The van der Waals surface area contributed by atoms with E-state index in [-0.39, 0.29) is 31.0 Å². The Hall–Kier alpha value is -0.240. The topological polar surface area (TPSA) is 9.23 Å². The van der Waals surface area contributed by atoms with Crippen molar-refractivity contribution >= 4 is 6.08 Å². The molecule has 0 aromatic heterocycles. The summed E-state index contributed by atoms with van der Waals surface area (Å²) in [6.07, 6.45) is 4.10. The number of benzene rings is 1. The standard InChI is InChI=1S/C9H8O.Na.H/c1-2-6-9-8(4-1)5-3-7-10-9;;/h1-6H,7H2;;/q;+1;-1. The number of hydrogen-bond donors (Lipinski definition) is 0. The molecule has 0 bridgehead atoms. The minimum atomic E-state index is 0. The zero-order valence-corrected chi connectivity index (χ0v) is 8.58. The van der Waals surface area contributed by atoms with Crippen LogP contribution in [-0.4, -0.2) is 6.61 Å². The van der Waals surface area contributed by atoms with E-state index in [0.29, 0.717) is 6.61 Å². The molecule has 2 rings (SSSR count). The molecule has 0 radical (unpaired) electrons. The Kier molecular flexibility index (Phi) is 3.18. The van der Waals surface area contributed by atoms with Gasteiger partial charge in [0, 0.05) is 5.56 Å². The predicted molar refractivity (Wildman–Crippen MR) is 42.1 cm³/mol. The summed E-state index contributed by atoms with van der Waals surface area (Å²) in [5, 5.41) is 0. The Labute approximate surface area is 89.8 Å². The van der Waals surface area contributed by atoms with Gasteiger partial charge in [0.1, 0.15) is 12.4 Å². The first kappa shape index (κ1) is 8.85. The molecule has 2 heteroatoms. The molecule has 1 heterocycles. The van der Waals surface area contributed by atoms with Gasteiger partial charge in [-0.2, -0.15) is 0 Å². The van der Waals surface area contributed by atoms with Crippen molar-refractivity contribution < 1.29 is 35.7 Å². The van der Waals surface area contributed by atoms with Crippen LogP contribution in [0.1, 0.15) is 6.99 Å². The van der Waals surface area contributed by atoms with Crippen LogP contribution in [0.3, 0.4) is 0 Å². The Bertz CT molecular complexity index is 273. The van der Waals surface area contributed by atoms with E-state index in [9.17, 15) is 0 Å². The van der Waals surface area contributed by atoms with Crippen LogP contribution in [0.5, 0.6) is 5.75 Å². The van der Waals surface area contributed by atoms with Crippen molar-refractivity contribution in [2.45, 2.75) is 0 Å². The van der Waals surface area contributed by atoms with Crippen LogP contribution in [0, 0.1) is 0 Å². The van der Waals surface area contributed by atoms with Crippen molar-refractivity contribution in [1.82, 2.24) is 0 Å². The van der Waals surface area contributed by atoms with Crippen molar-refractivity contribution in [2.24, 2.45) is 0 Å². The third kappa shape index (κ3) is 1.86. The molecular formula is C9H9NaO. The fraction of sp³-hybridized carbons (Fsp3) is 0.111. The van der Waals surface area contributed by atoms with Gasteiger partial charge < -0.3 is 6.16 Å². The maximum Gasteiger partial charge on any atom is 1.00 e.